The zero-order chi connectivity index (χ0) is 12.7. The van der Waals surface area contributed by atoms with Gasteiger partial charge in [-0.1, -0.05) is 44.2 Å². The highest BCUT2D eigenvalue weighted by Gasteiger charge is 2.17. The molecule has 0 spiro atoms. The SMILES string of the molecule is Cc1ccc2c(c1)OCc1cc(C(C)C)ccc1-2. The van der Waals surface area contributed by atoms with Crippen LogP contribution in [0, 0.1) is 6.92 Å². The minimum atomic E-state index is 0.565. The van der Waals surface area contributed by atoms with Crippen LogP contribution >= 0.6 is 0 Å². The molecule has 2 aromatic rings. The number of fused-ring (bicyclic) bond motifs is 3. The van der Waals surface area contributed by atoms with E-state index in [4.69, 9.17) is 4.74 Å². The van der Waals surface area contributed by atoms with Gasteiger partial charge in [0, 0.05) is 5.56 Å². The summed E-state index contributed by atoms with van der Waals surface area (Å²) in [4.78, 5) is 0. The van der Waals surface area contributed by atoms with Crippen LogP contribution in [-0.2, 0) is 6.61 Å². The van der Waals surface area contributed by atoms with Crippen molar-refractivity contribution in [3.63, 3.8) is 0 Å². The molecule has 0 fully saturated rings. The minimum absolute atomic E-state index is 0.565. The largest absolute Gasteiger partial charge is 0.488 e. The molecule has 0 atom stereocenters. The lowest BCUT2D eigenvalue weighted by Crippen LogP contribution is -2.06. The summed E-state index contributed by atoms with van der Waals surface area (Å²) in [5.41, 5.74) is 6.47. The van der Waals surface area contributed by atoms with Crippen LogP contribution in [0.25, 0.3) is 11.1 Å². The first kappa shape index (κ1) is 11.3. The van der Waals surface area contributed by atoms with E-state index in [0.717, 1.165) is 5.75 Å². The fourth-order valence-corrected chi connectivity index (χ4v) is 2.48. The molecule has 92 valence electrons. The van der Waals surface area contributed by atoms with Crippen molar-refractivity contribution in [1.82, 2.24) is 0 Å². The molecule has 0 amide bonds. The molecule has 2 aromatic carbocycles. The van der Waals surface area contributed by atoms with E-state index >= 15 is 0 Å². The number of hydrogen-bond donors (Lipinski definition) is 0. The molecule has 0 unspecified atom stereocenters. The van der Waals surface area contributed by atoms with Crippen molar-refractivity contribution >= 4 is 0 Å². The van der Waals surface area contributed by atoms with Crippen molar-refractivity contribution in [2.45, 2.75) is 33.3 Å². The summed E-state index contributed by atoms with van der Waals surface area (Å²) in [6.07, 6.45) is 0. The second-order valence-corrected chi connectivity index (χ2v) is 5.36. The van der Waals surface area contributed by atoms with Crippen LogP contribution in [0.5, 0.6) is 5.75 Å². The molecular weight excluding hydrogens is 220 g/mol. The van der Waals surface area contributed by atoms with Gasteiger partial charge >= 0.3 is 0 Å². The lowest BCUT2D eigenvalue weighted by molar-refractivity contribution is 0.302. The maximum absolute atomic E-state index is 5.87. The Hall–Kier alpha value is -1.76. The first-order valence-corrected chi connectivity index (χ1v) is 6.52. The molecule has 0 aliphatic carbocycles. The van der Waals surface area contributed by atoms with Crippen LogP contribution in [0.15, 0.2) is 36.4 Å². The third kappa shape index (κ3) is 1.80. The van der Waals surface area contributed by atoms with Gasteiger partial charge in [0.25, 0.3) is 0 Å². The summed E-state index contributed by atoms with van der Waals surface area (Å²) in [6, 6.07) is 13.2. The number of rotatable bonds is 1. The molecule has 1 heteroatoms. The van der Waals surface area contributed by atoms with Crippen molar-refractivity contribution in [3.8, 4) is 16.9 Å². The molecule has 3 rings (SSSR count). The van der Waals surface area contributed by atoms with E-state index in [1.807, 2.05) is 0 Å². The summed E-state index contributed by atoms with van der Waals surface area (Å²) < 4.78 is 5.87. The monoisotopic (exact) mass is 238 g/mol. The maximum atomic E-state index is 5.87. The van der Waals surface area contributed by atoms with Gasteiger partial charge in [0.15, 0.2) is 0 Å². The lowest BCUT2D eigenvalue weighted by atomic mass is 9.92. The molecule has 18 heavy (non-hydrogen) atoms. The van der Waals surface area contributed by atoms with Gasteiger partial charge in [0.05, 0.1) is 0 Å². The quantitative estimate of drug-likeness (QED) is 0.701. The normalized spacial score (nSPS) is 12.9. The van der Waals surface area contributed by atoms with Gasteiger partial charge in [-0.15, -0.1) is 0 Å². The third-order valence-electron chi connectivity index (χ3n) is 3.61. The zero-order valence-electron chi connectivity index (χ0n) is 11.2. The molecule has 0 aromatic heterocycles. The number of hydrogen-bond acceptors (Lipinski definition) is 1. The Kier molecular flexibility index (Phi) is 2.62. The fraction of sp³-hybridized carbons (Fsp3) is 0.294. The Balaban J connectivity index is 2.13. The minimum Gasteiger partial charge on any atom is -0.488 e. The summed E-state index contributed by atoms with van der Waals surface area (Å²) in [7, 11) is 0. The highest BCUT2D eigenvalue weighted by atomic mass is 16.5. The molecule has 1 aliphatic heterocycles. The number of aryl methyl sites for hydroxylation is 1. The Morgan fingerprint density at radius 1 is 1.00 bits per heavy atom. The maximum Gasteiger partial charge on any atom is 0.127 e. The Morgan fingerprint density at radius 2 is 1.78 bits per heavy atom. The molecule has 0 saturated carbocycles. The predicted molar refractivity (Wildman–Crippen MR) is 75.0 cm³/mol. The second kappa shape index (κ2) is 4.16. The highest BCUT2D eigenvalue weighted by molar-refractivity contribution is 5.75. The number of benzene rings is 2. The van der Waals surface area contributed by atoms with Gasteiger partial charge in [0.1, 0.15) is 12.4 Å². The zero-order valence-corrected chi connectivity index (χ0v) is 11.2. The number of ether oxygens (including phenoxy) is 1. The van der Waals surface area contributed by atoms with E-state index in [0.29, 0.717) is 12.5 Å². The third-order valence-corrected chi connectivity index (χ3v) is 3.61. The van der Waals surface area contributed by atoms with E-state index < -0.39 is 0 Å². The van der Waals surface area contributed by atoms with Gasteiger partial charge in [0.2, 0.25) is 0 Å². The van der Waals surface area contributed by atoms with Crippen molar-refractivity contribution in [3.05, 3.63) is 53.1 Å². The van der Waals surface area contributed by atoms with E-state index in [1.165, 1.54) is 27.8 Å². The fourth-order valence-electron chi connectivity index (χ4n) is 2.48. The molecule has 0 N–H and O–H groups in total. The Labute approximate surface area is 108 Å². The summed E-state index contributed by atoms with van der Waals surface area (Å²) in [5, 5.41) is 0. The molecular formula is C17H18O. The van der Waals surface area contributed by atoms with Crippen molar-refractivity contribution < 1.29 is 4.74 Å². The van der Waals surface area contributed by atoms with E-state index in [2.05, 4.69) is 57.2 Å². The van der Waals surface area contributed by atoms with E-state index in [1.54, 1.807) is 0 Å². The van der Waals surface area contributed by atoms with Crippen LogP contribution in [-0.4, -0.2) is 0 Å². The first-order valence-electron chi connectivity index (χ1n) is 6.52. The average molecular weight is 238 g/mol. The van der Waals surface area contributed by atoms with Crippen LogP contribution in [0.2, 0.25) is 0 Å². The van der Waals surface area contributed by atoms with Crippen LogP contribution in [0.1, 0.15) is 36.5 Å². The second-order valence-electron chi connectivity index (χ2n) is 5.36. The van der Waals surface area contributed by atoms with Crippen LogP contribution in [0.3, 0.4) is 0 Å². The van der Waals surface area contributed by atoms with Crippen molar-refractivity contribution in [1.29, 1.82) is 0 Å². The molecule has 1 aliphatic rings. The summed E-state index contributed by atoms with van der Waals surface area (Å²) >= 11 is 0. The smallest absolute Gasteiger partial charge is 0.127 e. The van der Waals surface area contributed by atoms with Crippen LogP contribution < -0.4 is 4.74 Å². The van der Waals surface area contributed by atoms with Crippen molar-refractivity contribution in [2.24, 2.45) is 0 Å². The molecule has 0 bridgehead atoms. The standard InChI is InChI=1S/C17H18O/c1-11(2)13-5-7-15-14(9-13)10-18-17-8-12(3)4-6-16(15)17/h4-9,11H,10H2,1-3H3. The topological polar surface area (TPSA) is 9.23 Å². The molecule has 0 saturated heterocycles. The van der Waals surface area contributed by atoms with Gasteiger partial charge in [-0.25, -0.2) is 0 Å². The molecule has 1 heterocycles. The lowest BCUT2D eigenvalue weighted by Gasteiger charge is -2.22. The Morgan fingerprint density at radius 3 is 2.56 bits per heavy atom. The summed E-state index contributed by atoms with van der Waals surface area (Å²) in [6.45, 7) is 7.23. The van der Waals surface area contributed by atoms with Gasteiger partial charge in [-0.2, -0.15) is 0 Å². The Bertz CT molecular complexity index is 597. The van der Waals surface area contributed by atoms with Gasteiger partial charge in [-0.3, -0.25) is 0 Å². The van der Waals surface area contributed by atoms with Gasteiger partial charge < -0.3 is 4.74 Å². The highest BCUT2D eigenvalue weighted by Crippen LogP contribution is 2.38. The van der Waals surface area contributed by atoms with Crippen LogP contribution in [0.4, 0.5) is 0 Å². The predicted octanol–water partition coefficient (Wildman–Crippen LogP) is 4.68. The summed E-state index contributed by atoms with van der Waals surface area (Å²) in [5.74, 6) is 1.58. The molecule has 1 nitrogen and oxygen atoms in total. The molecule has 0 radical (unpaired) electrons. The van der Waals surface area contributed by atoms with Crippen molar-refractivity contribution in [2.75, 3.05) is 0 Å². The van der Waals surface area contributed by atoms with E-state index in [9.17, 15) is 0 Å². The van der Waals surface area contributed by atoms with Gasteiger partial charge in [-0.05, 0) is 41.2 Å². The first-order chi connectivity index (χ1) is 8.65. The van der Waals surface area contributed by atoms with E-state index in [-0.39, 0.29) is 0 Å². The average Bonchev–Trinajstić information content (AvgIpc) is 2.37.